The average Bonchev–Trinajstić information content (AvgIpc) is 3.52. The van der Waals surface area contributed by atoms with E-state index in [1.54, 1.807) is 42.3 Å². The third kappa shape index (κ3) is 6.48. The van der Waals surface area contributed by atoms with Gasteiger partial charge in [0.15, 0.2) is 0 Å². The van der Waals surface area contributed by atoms with Gasteiger partial charge < -0.3 is 20.0 Å². The summed E-state index contributed by atoms with van der Waals surface area (Å²) in [4.78, 5) is 45.5. The largest absolute Gasteiger partial charge is 0.367 e. The van der Waals surface area contributed by atoms with Crippen molar-refractivity contribution in [1.82, 2.24) is 9.80 Å². The minimum atomic E-state index is -0.278. The number of carbonyl (C=O) groups excluding carboxylic acids is 3. The molecule has 3 aromatic rings. The molecule has 1 N–H and O–H groups in total. The fourth-order valence-corrected chi connectivity index (χ4v) is 5.72. The van der Waals surface area contributed by atoms with Crippen LogP contribution in [-0.4, -0.2) is 60.7 Å². The summed E-state index contributed by atoms with van der Waals surface area (Å²) in [6.07, 6.45) is 4.27. The topological polar surface area (TPSA) is 73.0 Å². The normalized spacial score (nSPS) is 15.7. The predicted octanol–water partition coefficient (Wildman–Crippen LogP) is 5.70. The summed E-state index contributed by atoms with van der Waals surface area (Å²) in [7, 11) is 1.79. The van der Waals surface area contributed by atoms with Gasteiger partial charge in [0.2, 0.25) is 5.91 Å². The van der Waals surface area contributed by atoms with E-state index in [-0.39, 0.29) is 23.6 Å². The van der Waals surface area contributed by atoms with Crippen LogP contribution in [0.1, 0.15) is 52.0 Å². The summed E-state index contributed by atoms with van der Waals surface area (Å²) in [5.74, 6) is 0.0283. The highest BCUT2D eigenvalue weighted by atomic mass is 35.5. The highest BCUT2D eigenvalue weighted by Crippen LogP contribution is 2.30. The van der Waals surface area contributed by atoms with Gasteiger partial charge in [-0.1, -0.05) is 54.8 Å². The maximum absolute atomic E-state index is 13.8. The number of anilines is 2. The molecule has 0 aromatic heterocycles. The van der Waals surface area contributed by atoms with E-state index in [4.69, 9.17) is 11.6 Å². The van der Waals surface area contributed by atoms with E-state index in [0.29, 0.717) is 54.6 Å². The second kappa shape index (κ2) is 12.6. The van der Waals surface area contributed by atoms with Crippen LogP contribution in [-0.2, 0) is 11.3 Å². The van der Waals surface area contributed by atoms with Crippen LogP contribution in [0.15, 0.2) is 72.8 Å². The van der Waals surface area contributed by atoms with E-state index in [1.165, 1.54) is 0 Å². The third-order valence-electron chi connectivity index (χ3n) is 7.84. The van der Waals surface area contributed by atoms with Crippen LogP contribution in [0.5, 0.6) is 0 Å². The SMILES string of the molecule is CN(Cc1ccccc1)C(=O)c1cc(NC(=O)c2ccc(Cl)cc2)ccc1N1CCN(C(=O)C2CCCC2)CC1. The van der Waals surface area contributed by atoms with Crippen molar-refractivity contribution in [2.24, 2.45) is 5.92 Å². The van der Waals surface area contributed by atoms with Crippen molar-refractivity contribution in [1.29, 1.82) is 0 Å². The van der Waals surface area contributed by atoms with E-state index < -0.39 is 0 Å². The molecular weight excluding hydrogens is 524 g/mol. The average molecular weight is 559 g/mol. The molecule has 0 spiro atoms. The Morgan fingerprint density at radius 2 is 1.57 bits per heavy atom. The number of rotatable bonds is 7. The maximum Gasteiger partial charge on any atom is 0.256 e. The minimum absolute atomic E-state index is 0.133. The minimum Gasteiger partial charge on any atom is -0.367 e. The number of hydrogen-bond acceptors (Lipinski definition) is 4. The Morgan fingerprint density at radius 3 is 2.25 bits per heavy atom. The molecule has 1 heterocycles. The molecule has 2 fully saturated rings. The van der Waals surface area contributed by atoms with Crippen LogP contribution in [0, 0.1) is 5.92 Å². The number of halogens is 1. The van der Waals surface area contributed by atoms with Gasteiger partial charge in [-0.05, 0) is 60.9 Å². The van der Waals surface area contributed by atoms with E-state index in [1.807, 2.05) is 47.4 Å². The summed E-state index contributed by atoms with van der Waals surface area (Å²) in [6.45, 7) is 3.04. The van der Waals surface area contributed by atoms with Crippen LogP contribution in [0.3, 0.4) is 0 Å². The summed E-state index contributed by atoms with van der Waals surface area (Å²) >= 11 is 5.97. The predicted molar refractivity (Wildman–Crippen MR) is 159 cm³/mol. The molecule has 2 aliphatic rings. The van der Waals surface area contributed by atoms with Crippen LogP contribution in [0.4, 0.5) is 11.4 Å². The van der Waals surface area contributed by atoms with Gasteiger partial charge in [0.05, 0.1) is 5.56 Å². The molecule has 1 aliphatic carbocycles. The van der Waals surface area contributed by atoms with Gasteiger partial charge in [-0.15, -0.1) is 0 Å². The molecule has 1 saturated carbocycles. The lowest BCUT2D eigenvalue weighted by Gasteiger charge is -2.38. The first-order valence-electron chi connectivity index (χ1n) is 13.9. The van der Waals surface area contributed by atoms with Crippen molar-refractivity contribution in [3.05, 3.63) is 94.5 Å². The molecule has 40 heavy (non-hydrogen) atoms. The number of amides is 3. The van der Waals surface area contributed by atoms with Crippen molar-refractivity contribution < 1.29 is 14.4 Å². The molecule has 1 saturated heterocycles. The van der Waals surface area contributed by atoms with Crippen molar-refractivity contribution in [3.8, 4) is 0 Å². The molecule has 0 unspecified atom stereocenters. The van der Waals surface area contributed by atoms with Crippen molar-refractivity contribution in [2.45, 2.75) is 32.2 Å². The molecule has 5 rings (SSSR count). The summed E-state index contributed by atoms with van der Waals surface area (Å²) in [6, 6.07) is 22.0. The number of nitrogens with zero attached hydrogens (tertiary/aromatic N) is 3. The van der Waals surface area contributed by atoms with E-state index in [0.717, 1.165) is 36.9 Å². The molecule has 0 bridgehead atoms. The van der Waals surface area contributed by atoms with Crippen LogP contribution >= 0.6 is 11.6 Å². The Kier molecular flexibility index (Phi) is 8.70. The van der Waals surface area contributed by atoms with Crippen LogP contribution in [0.2, 0.25) is 5.02 Å². The van der Waals surface area contributed by atoms with Crippen LogP contribution < -0.4 is 10.2 Å². The first-order valence-corrected chi connectivity index (χ1v) is 14.3. The molecule has 3 aromatic carbocycles. The first kappa shape index (κ1) is 27.7. The number of hydrogen-bond donors (Lipinski definition) is 1. The van der Waals surface area contributed by atoms with Gasteiger partial charge in [0.1, 0.15) is 0 Å². The Bertz CT molecular complexity index is 1350. The number of piperazine rings is 1. The van der Waals surface area contributed by atoms with Gasteiger partial charge in [-0.2, -0.15) is 0 Å². The number of carbonyl (C=O) groups is 3. The molecule has 1 aliphatic heterocycles. The maximum atomic E-state index is 13.8. The van der Waals surface area contributed by atoms with Gasteiger partial charge in [-0.25, -0.2) is 0 Å². The fraction of sp³-hybridized carbons (Fsp3) is 0.344. The summed E-state index contributed by atoms with van der Waals surface area (Å²) in [5.41, 5.74) is 3.37. The fourth-order valence-electron chi connectivity index (χ4n) is 5.60. The Balaban J connectivity index is 1.36. The Labute approximate surface area is 240 Å². The van der Waals surface area contributed by atoms with Gasteiger partial charge in [0, 0.05) is 67.7 Å². The number of benzene rings is 3. The number of nitrogens with one attached hydrogen (secondary N) is 1. The lowest BCUT2D eigenvalue weighted by molar-refractivity contribution is -0.135. The standard InChI is InChI=1S/C32H35ClN4O3/c1-35(22-23-7-3-2-4-8-23)32(40)28-21-27(34-30(38)24-11-13-26(33)14-12-24)15-16-29(28)36-17-19-37(20-18-36)31(39)25-9-5-6-10-25/h2-4,7-8,11-16,21,25H,5-6,9-10,17-20,22H2,1H3,(H,34,38). The van der Waals surface area contributed by atoms with Crippen LogP contribution in [0.25, 0.3) is 0 Å². The van der Waals surface area contributed by atoms with E-state index in [9.17, 15) is 14.4 Å². The lowest BCUT2D eigenvalue weighted by atomic mass is 10.0. The second-order valence-electron chi connectivity index (χ2n) is 10.6. The van der Waals surface area contributed by atoms with Crippen molar-refractivity contribution in [3.63, 3.8) is 0 Å². The van der Waals surface area contributed by atoms with Gasteiger partial charge in [-0.3, -0.25) is 14.4 Å². The van der Waals surface area contributed by atoms with E-state index in [2.05, 4.69) is 10.2 Å². The van der Waals surface area contributed by atoms with Gasteiger partial charge in [0.25, 0.3) is 11.8 Å². The second-order valence-corrected chi connectivity index (χ2v) is 11.1. The zero-order valence-electron chi connectivity index (χ0n) is 22.8. The molecule has 8 heteroatoms. The third-order valence-corrected chi connectivity index (χ3v) is 8.09. The first-order chi connectivity index (χ1) is 19.4. The molecule has 3 amide bonds. The molecule has 0 atom stereocenters. The highest BCUT2D eigenvalue weighted by Gasteiger charge is 2.30. The van der Waals surface area contributed by atoms with Crippen molar-refractivity contribution in [2.75, 3.05) is 43.4 Å². The Hall–Kier alpha value is -3.84. The smallest absolute Gasteiger partial charge is 0.256 e. The van der Waals surface area contributed by atoms with E-state index >= 15 is 0 Å². The summed E-state index contributed by atoms with van der Waals surface area (Å²) in [5, 5.41) is 3.48. The Morgan fingerprint density at radius 1 is 0.900 bits per heavy atom. The zero-order valence-corrected chi connectivity index (χ0v) is 23.6. The molecule has 7 nitrogen and oxygen atoms in total. The quantitative estimate of drug-likeness (QED) is 0.403. The highest BCUT2D eigenvalue weighted by molar-refractivity contribution is 6.30. The molecule has 208 valence electrons. The zero-order chi connectivity index (χ0) is 28.1. The van der Waals surface area contributed by atoms with Crippen molar-refractivity contribution >= 4 is 40.7 Å². The molecular formula is C32H35ClN4O3. The lowest BCUT2D eigenvalue weighted by Crippen LogP contribution is -2.50. The summed E-state index contributed by atoms with van der Waals surface area (Å²) < 4.78 is 0. The molecule has 0 radical (unpaired) electrons. The van der Waals surface area contributed by atoms with Gasteiger partial charge >= 0.3 is 0 Å². The monoisotopic (exact) mass is 558 g/mol.